The van der Waals surface area contributed by atoms with Gasteiger partial charge >= 0.3 is 0 Å². The molecule has 3 rings (SSSR count). The molecule has 1 heterocycles. The van der Waals surface area contributed by atoms with Crippen molar-refractivity contribution in [2.45, 2.75) is 30.0 Å². The van der Waals surface area contributed by atoms with E-state index in [1.807, 2.05) is 49.4 Å². The Morgan fingerprint density at radius 1 is 1.09 bits per heavy atom. The summed E-state index contributed by atoms with van der Waals surface area (Å²) in [4.78, 5) is 29.5. The van der Waals surface area contributed by atoms with Gasteiger partial charge in [0.2, 0.25) is 5.91 Å². The molecule has 2 unspecified atom stereocenters. The lowest BCUT2D eigenvalue weighted by Gasteiger charge is -2.16. The molecule has 0 radical (unpaired) electrons. The van der Waals surface area contributed by atoms with E-state index in [4.69, 9.17) is 5.73 Å². The van der Waals surface area contributed by atoms with Crippen LogP contribution in [0, 0.1) is 11.3 Å². The predicted octanol–water partition coefficient (Wildman–Crippen LogP) is 4.19. The van der Waals surface area contributed by atoms with Gasteiger partial charge in [0, 0.05) is 12.2 Å². The Morgan fingerprint density at radius 3 is 2.36 bits per heavy atom. The number of amides is 2. The van der Waals surface area contributed by atoms with Gasteiger partial charge in [-0.1, -0.05) is 67.2 Å². The van der Waals surface area contributed by atoms with Crippen LogP contribution in [-0.2, 0) is 4.79 Å². The Hall–Kier alpha value is -3.83. The molecule has 0 saturated heterocycles. The molecule has 2 aromatic carbocycles. The molecular formula is C25H25N5O2S. The van der Waals surface area contributed by atoms with Crippen LogP contribution >= 0.6 is 11.8 Å². The molecule has 3 aromatic rings. The summed E-state index contributed by atoms with van der Waals surface area (Å²) in [5.74, 6) is -0.466. The van der Waals surface area contributed by atoms with Gasteiger partial charge in [0.1, 0.15) is 16.9 Å². The lowest BCUT2D eigenvalue weighted by molar-refractivity contribution is -0.120. The highest BCUT2D eigenvalue weighted by molar-refractivity contribution is 8.00. The summed E-state index contributed by atoms with van der Waals surface area (Å²) in [6, 6.07) is 22.3. The fraction of sp³-hybridized carbons (Fsp3) is 0.200. The van der Waals surface area contributed by atoms with Crippen molar-refractivity contribution in [3.05, 3.63) is 83.4 Å². The van der Waals surface area contributed by atoms with Crippen molar-refractivity contribution in [3.63, 3.8) is 0 Å². The number of thioether (sulfide) groups is 1. The van der Waals surface area contributed by atoms with Crippen LogP contribution < -0.4 is 16.4 Å². The number of hydrogen-bond donors (Lipinski definition) is 3. The van der Waals surface area contributed by atoms with Crippen molar-refractivity contribution >= 4 is 35.1 Å². The number of benzene rings is 2. The molecule has 0 fully saturated rings. The first kappa shape index (κ1) is 23.8. The van der Waals surface area contributed by atoms with Crippen LogP contribution in [0.4, 0.5) is 11.5 Å². The first-order valence-corrected chi connectivity index (χ1v) is 11.3. The van der Waals surface area contributed by atoms with E-state index in [-0.39, 0.29) is 28.8 Å². The summed E-state index contributed by atoms with van der Waals surface area (Å²) in [5.41, 5.74) is 8.06. The Kier molecular flexibility index (Phi) is 8.06. The lowest BCUT2D eigenvalue weighted by Crippen LogP contribution is -2.33. The molecule has 8 heteroatoms. The van der Waals surface area contributed by atoms with Crippen molar-refractivity contribution in [2.24, 2.45) is 0 Å². The molecule has 0 aliphatic heterocycles. The number of nitrogens with one attached hydrogen (secondary N) is 2. The smallest absolute Gasteiger partial charge is 0.259 e. The highest BCUT2D eigenvalue weighted by Crippen LogP contribution is 2.28. The van der Waals surface area contributed by atoms with Gasteiger partial charge in [-0.25, -0.2) is 4.98 Å². The Bertz CT molecular complexity index is 1160. The topological polar surface area (TPSA) is 121 Å². The fourth-order valence-corrected chi connectivity index (χ4v) is 4.01. The monoisotopic (exact) mass is 459 g/mol. The summed E-state index contributed by atoms with van der Waals surface area (Å²) in [6.07, 6.45) is 0. The molecule has 0 aliphatic carbocycles. The van der Waals surface area contributed by atoms with Crippen molar-refractivity contribution < 1.29 is 9.59 Å². The van der Waals surface area contributed by atoms with Crippen molar-refractivity contribution in [3.8, 4) is 6.07 Å². The van der Waals surface area contributed by atoms with E-state index in [2.05, 4.69) is 15.6 Å². The molecule has 33 heavy (non-hydrogen) atoms. The molecule has 168 valence electrons. The van der Waals surface area contributed by atoms with Crippen molar-refractivity contribution in [2.75, 3.05) is 17.6 Å². The zero-order valence-corrected chi connectivity index (χ0v) is 19.2. The van der Waals surface area contributed by atoms with Crippen LogP contribution in [0.25, 0.3) is 0 Å². The summed E-state index contributed by atoms with van der Waals surface area (Å²) in [7, 11) is 0. The minimum atomic E-state index is -0.504. The quantitative estimate of drug-likeness (QED) is 0.434. The molecule has 2 amide bonds. The third-order valence-electron chi connectivity index (χ3n) is 5.02. The summed E-state index contributed by atoms with van der Waals surface area (Å²) < 4.78 is 0. The number of para-hydroxylation sites is 1. The SMILES string of the molecule is CC(Sc1nc(N)c(C(=O)Nc2ccccc2)cc1C#N)C(=O)NCC(C)c1ccccc1. The van der Waals surface area contributed by atoms with E-state index in [1.165, 1.54) is 6.07 Å². The molecular weight excluding hydrogens is 434 g/mol. The average molecular weight is 460 g/mol. The standard InChI is InChI=1S/C25H25N5O2S/c1-16(18-9-5-3-6-10-18)15-28-23(31)17(2)33-25-19(14-26)13-21(22(27)30-25)24(32)29-20-11-7-4-8-12-20/h3-13,16-17H,15H2,1-2H3,(H2,27,30)(H,28,31)(H,29,32). The molecule has 1 aromatic heterocycles. The second kappa shape index (κ2) is 11.2. The van der Waals surface area contributed by atoms with Gasteiger partial charge < -0.3 is 16.4 Å². The first-order valence-electron chi connectivity index (χ1n) is 10.5. The maximum atomic E-state index is 12.6. The van der Waals surface area contributed by atoms with Gasteiger partial charge in [0.25, 0.3) is 5.91 Å². The minimum absolute atomic E-state index is 0.00441. The molecule has 2 atom stereocenters. The Morgan fingerprint density at radius 2 is 1.73 bits per heavy atom. The van der Waals surface area contributed by atoms with Gasteiger partial charge in [0.15, 0.2) is 0 Å². The molecule has 4 N–H and O–H groups in total. The molecule has 0 aliphatic rings. The van der Waals surface area contributed by atoms with Crippen molar-refractivity contribution in [1.29, 1.82) is 5.26 Å². The van der Waals surface area contributed by atoms with Gasteiger partial charge in [-0.3, -0.25) is 9.59 Å². The Labute approximate surface area is 197 Å². The van der Waals surface area contributed by atoms with E-state index in [0.717, 1.165) is 17.3 Å². The third-order valence-corrected chi connectivity index (χ3v) is 6.12. The normalized spacial score (nSPS) is 12.3. The van der Waals surface area contributed by atoms with E-state index in [1.54, 1.807) is 31.2 Å². The first-order chi connectivity index (χ1) is 15.9. The number of pyridine rings is 1. The highest BCUT2D eigenvalue weighted by Gasteiger charge is 2.21. The summed E-state index contributed by atoms with van der Waals surface area (Å²) in [5, 5.41) is 15.1. The third kappa shape index (κ3) is 6.34. The largest absolute Gasteiger partial charge is 0.383 e. The molecule has 0 spiro atoms. The number of nitriles is 1. The van der Waals surface area contributed by atoms with Gasteiger partial charge in [-0.05, 0) is 36.6 Å². The number of nitrogen functional groups attached to an aromatic ring is 1. The van der Waals surface area contributed by atoms with Crippen LogP contribution in [0.5, 0.6) is 0 Å². The van der Waals surface area contributed by atoms with Crippen LogP contribution in [0.1, 0.15) is 41.3 Å². The number of nitrogens with two attached hydrogens (primary N) is 1. The van der Waals surface area contributed by atoms with Gasteiger partial charge in [-0.2, -0.15) is 5.26 Å². The van der Waals surface area contributed by atoms with E-state index in [0.29, 0.717) is 17.3 Å². The lowest BCUT2D eigenvalue weighted by atomic mass is 10.0. The molecule has 7 nitrogen and oxygen atoms in total. The number of carbonyl (C=O) groups is 2. The van der Waals surface area contributed by atoms with E-state index in [9.17, 15) is 14.9 Å². The molecule has 0 bridgehead atoms. The van der Waals surface area contributed by atoms with E-state index >= 15 is 0 Å². The number of aromatic nitrogens is 1. The number of hydrogen-bond acceptors (Lipinski definition) is 6. The Balaban J connectivity index is 1.66. The highest BCUT2D eigenvalue weighted by atomic mass is 32.2. The van der Waals surface area contributed by atoms with Crippen LogP contribution in [0.3, 0.4) is 0 Å². The number of carbonyl (C=O) groups excluding carboxylic acids is 2. The number of anilines is 2. The fourth-order valence-electron chi connectivity index (χ4n) is 3.10. The van der Waals surface area contributed by atoms with Crippen molar-refractivity contribution in [1.82, 2.24) is 10.3 Å². The van der Waals surface area contributed by atoms with Crippen LogP contribution in [0.15, 0.2) is 71.8 Å². The maximum absolute atomic E-state index is 12.6. The number of rotatable bonds is 8. The van der Waals surface area contributed by atoms with Gasteiger partial charge in [0.05, 0.1) is 16.4 Å². The zero-order chi connectivity index (χ0) is 23.8. The van der Waals surface area contributed by atoms with Crippen LogP contribution in [0.2, 0.25) is 0 Å². The second-order valence-electron chi connectivity index (χ2n) is 7.52. The van der Waals surface area contributed by atoms with Gasteiger partial charge in [-0.15, -0.1) is 0 Å². The summed E-state index contributed by atoms with van der Waals surface area (Å²) >= 11 is 1.13. The average Bonchev–Trinajstić information content (AvgIpc) is 2.83. The second-order valence-corrected chi connectivity index (χ2v) is 8.85. The zero-order valence-electron chi connectivity index (χ0n) is 18.4. The summed E-state index contributed by atoms with van der Waals surface area (Å²) in [6.45, 7) is 4.28. The maximum Gasteiger partial charge on any atom is 0.259 e. The molecule has 0 saturated carbocycles. The predicted molar refractivity (Wildman–Crippen MR) is 131 cm³/mol. The minimum Gasteiger partial charge on any atom is -0.383 e. The number of nitrogens with zero attached hydrogens (tertiary/aromatic N) is 2. The van der Waals surface area contributed by atoms with Crippen LogP contribution in [-0.4, -0.2) is 28.6 Å². The van der Waals surface area contributed by atoms with E-state index < -0.39 is 11.2 Å².